The third-order valence-corrected chi connectivity index (χ3v) is 5.66. The first-order valence-electron chi connectivity index (χ1n) is 7.94. The second-order valence-corrected chi connectivity index (χ2v) is 7.68. The third kappa shape index (κ3) is 3.16. The highest BCUT2D eigenvalue weighted by Gasteiger charge is 2.32. The number of hydrogen-bond donors (Lipinski definition) is 1. The fraction of sp³-hybridized carbons (Fsp3) is 0.500. The highest BCUT2D eigenvalue weighted by Crippen LogP contribution is 2.33. The molecule has 1 saturated heterocycles. The number of fused-ring (bicyclic) bond motifs is 1. The van der Waals surface area contributed by atoms with Crippen LogP contribution in [-0.4, -0.2) is 55.2 Å². The molecule has 1 fully saturated rings. The van der Waals surface area contributed by atoms with Gasteiger partial charge < -0.3 is 9.80 Å². The van der Waals surface area contributed by atoms with Crippen LogP contribution in [-0.2, 0) is 14.9 Å². The molecule has 0 radical (unpaired) electrons. The number of ketones is 1. The molecule has 0 spiro atoms. The van der Waals surface area contributed by atoms with Gasteiger partial charge in [-0.05, 0) is 31.0 Å². The van der Waals surface area contributed by atoms with Crippen LogP contribution in [0.1, 0.15) is 36.5 Å². The molecular weight excluding hydrogens is 332 g/mol. The Balaban J connectivity index is 1.88. The average Bonchev–Trinajstić information content (AvgIpc) is 2.54. The number of hydrogen-bond acceptors (Lipinski definition) is 5. The first-order valence-corrected chi connectivity index (χ1v) is 9.38. The molecule has 0 saturated carbocycles. The highest BCUT2D eigenvalue weighted by molar-refractivity contribution is 7.85. The molecule has 3 rings (SSSR count). The number of Topliss-reactive ketones (excluding diaryl/α,β-unsaturated/α-hetero) is 1. The van der Waals surface area contributed by atoms with Gasteiger partial charge in [0.15, 0.2) is 5.78 Å². The van der Waals surface area contributed by atoms with Gasteiger partial charge in [0.25, 0.3) is 10.1 Å². The molecule has 0 aromatic heterocycles. The monoisotopic (exact) mass is 352 g/mol. The Labute approximate surface area is 141 Å². The summed E-state index contributed by atoms with van der Waals surface area (Å²) in [5.41, 5.74) is 1.05. The lowest BCUT2D eigenvalue weighted by Gasteiger charge is -2.41. The van der Waals surface area contributed by atoms with E-state index in [1.54, 1.807) is 13.0 Å². The van der Waals surface area contributed by atoms with Crippen molar-refractivity contribution in [2.75, 3.05) is 24.5 Å². The number of amides is 1. The molecule has 8 heteroatoms. The summed E-state index contributed by atoms with van der Waals surface area (Å²) in [5, 5.41) is 0. The van der Waals surface area contributed by atoms with Crippen molar-refractivity contribution in [2.45, 2.75) is 37.1 Å². The van der Waals surface area contributed by atoms with Crippen molar-refractivity contribution >= 4 is 27.5 Å². The van der Waals surface area contributed by atoms with Crippen LogP contribution in [0.5, 0.6) is 0 Å². The predicted molar refractivity (Wildman–Crippen MR) is 87.8 cm³/mol. The lowest BCUT2D eigenvalue weighted by atomic mass is 9.95. The maximum atomic E-state index is 12.2. The highest BCUT2D eigenvalue weighted by atomic mass is 32.2. The Hall–Kier alpha value is -1.93. The maximum absolute atomic E-state index is 12.2. The normalized spacial score (nSPS) is 19.3. The molecule has 0 aliphatic carbocycles. The van der Waals surface area contributed by atoms with Gasteiger partial charge in [0.05, 0.1) is 4.90 Å². The lowest BCUT2D eigenvalue weighted by molar-refractivity contribution is -0.129. The van der Waals surface area contributed by atoms with Gasteiger partial charge in [-0.25, -0.2) is 0 Å². The minimum Gasteiger partial charge on any atom is -0.367 e. The number of piperidine rings is 1. The Morgan fingerprint density at radius 1 is 1.21 bits per heavy atom. The van der Waals surface area contributed by atoms with Crippen molar-refractivity contribution in [3.8, 4) is 0 Å². The predicted octanol–water partition coefficient (Wildman–Crippen LogP) is 1.34. The first-order chi connectivity index (χ1) is 11.3. The van der Waals surface area contributed by atoms with Crippen LogP contribution in [0.2, 0.25) is 0 Å². The molecule has 130 valence electrons. The summed E-state index contributed by atoms with van der Waals surface area (Å²) in [7, 11) is -4.33. The van der Waals surface area contributed by atoms with E-state index in [1.165, 1.54) is 12.1 Å². The van der Waals surface area contributed by atoms with Crippen LogP contribution in [0.15, 0.2) is 23.1 Å². The van der Waals surface area contributed by atoms with Crippen molar-refractivity contribution in [1.82, 2.24) is 4.90 Å². The Kier molecular flexibility index (Phi) is 4.35. The Bertz CT molecular complexity index is 782. The number of rotatable bonds is 2. The van der Waals surface area contributed by atoms with Gasteiger partial charge >= 0.3 is 0 Å². The largest absolute Gasteiger partial charge is 0.367 e. The van der Waals surface area contributed by atoms with Gasteiger partial charge in [-0.3, -0.25) is 14.1 Å². The smallest absolute Gasteiger partial charge is 0.294 e. The van der Waals surface area contributed by atoms with Gasteiger partial charge in [0.2, 0.25) is 5.91 Å². The summed E-state index contributed by atoms with van der Waals surface area (Å²) >= 11 is 0. The Morgan fingerprint density at radius 2 is 1.88 bits per heavy atom. The van der Waals surface area contributed by atoms with E-state index in [-0.39, 0.29) is 22.6 Å². The molecule has 7 nitrogen and oxygen atoms in total. The Morgan fingerprint density at radius 3 is 2.46 bits per heavy atom. The van der Waals surface area contributed by atoms with Gasteiger partial charge in [-0.2, -0.15) is 8.42 Å². The molecule has 0 unspecified atom stereocenters. The fourth-order valence-electron chi connectivity index (χ4n) is 3.50. The van der Waals surface area contributed by atoms with Crippen LogP contribution in [0.25, 0.3) is 0 Å². The summed E-state index contributed by atoms with van der Waals surface area (Å²) in [6.45, 7) is 3.51. The topological polar surface area (TPSA) is 95.0 Å². The zero-order valence-corrected chi connectivity index (χ0v) is 14.3. The zero-order chi connectivity index (χ0) is 17.5. The number of nitrogens with zero attached hydrogens (tertiary/aromatic N) is 2. The van der Waals surface area contributed by atoms with Crippen molar-refractivity contribution in [3.05, 3.63) is 23.8 Å². The summed E-state index contributed by atoms with van der Waals surface area (Å²) in [6.07, 6.45) is 1.94. The minimum absolute atomic E-state index is 0.0699. The van der Waals surface area contributed by atoms with E-state index >= 15 is 0 Å². The summed E-state index contributed by atoms with van der Waals surface area (Å²) in [4.78, 5) is 27.3. The number of likely N-dealkylation sites (tertiary alicyclic amines) is 1. The second kappa shape index (κ2) is 6.18. The molecule has 1 aromatic rings. The van der Waals surface area contributed by atoms with Crippen LogP contribution >= 0.6 is 0 Å². The fourth-order valence-corrected chi connectivity index (χ4v) is 4.01. The lowest BCUT2D eigenvalue weighted by Crippen LogP contribution is -2.48. The van der Waals surface area contributed by atoms with E-state index in [9.17, 15) is 22.6 Å². The van der Waals surface area contributed by atoms with Gasteiger partial charge in [-0.15, -0.1) is 0 Å². The van der Waals surface area contributed by atoms with Gasteiger partial charge in [0, 0.05) is 50.3 Å². The van der Waals surface area contributed by atoms with Crippen molar-refractivity contribution in [3.63, 3.8) is 0 Å². The molecule has 0 atom stereocenters. The number of carbonyl (C=O) groups is 2. The van der Waals surface area contributed by atoms with E-state index in [0.717, 1.165) is 12.8 Å². The number of carbonyl (C=O) groups excluding carboxylic acids is 2. The van der Waals surface area contributed by atoms with Crippen LogP contribution in [0, 0.1) is 0 Å². The number of benzene rings is 1. The quantitative estimate of drug-likeness (QED) is 0.807. The SMILES string of the molecule is CC(=O)N1CCC(N2CCC(=O)c3cc(S(=O)(=O)O)ccc32)CC1. The molecule has 2 aliphatic rings. The van der Waals surface area contributed by atoms with Crippen LogP contribution in [0.3, 0.4) is 0 Å². The maximum Gasteiger partial charge on any atom is 0.294 e. The summed E-state index contributed by atoms with van der Waals surface area (Å²) in [5.74, 6) is -0.0478. The van der Waals surface area contributed by atoms with E-state index in [1.807, 2.05) is 4.90 Å². The summed E-state index contributed by atoms with van der Waals surface area (Å²) in [6, 6.07) is 4.38. The molecular formula is C16H20N2O5S. The van der Waals surface area contributed by atoms with Crippen molar-refractivity contribution in [2.24, 2.45) is 0 Å². The van der Waals surface area contributed by atoms with Crippen molar-refractivity contribution < 1.29 is 22.6 Å². The third-order valence-electron chi connectivity index (χ3n) is 4.81. The molecule has 0 bridgehead atoms. The van der Waals surface area contributed by atoms with Gasteiger partial charge in [0.1, 0.15) is 0 Å². The molecule has 1 aromatic carbocycles. The molecule has 1 amide bonds. The minimum atomic E-state index is -4.33. The van der Waals surface area contributed by atoms with E-state index in [2.05, 4.69) is 4.90 Å². The molecule has 2 aliphatic heterocycles. The van der Waals surface area contributed by atoms with E-state index < -0.39 is 10.1 Å². The van der Waals surface area contributed by atoms with Gasteiger partial charge in [-0.1, -0.05) is 0 Å². The zero-order valence-electron chi connectivity index (χ0n) is 13.4. The molecule has 24 heavy (non-hydrogen) atoms. The summed E-state index contributed by atoms with van der Waals surface area (Å²) < 4.78 is 31.8. The van der Waals surface area contributed by atoms with E-state index in [0.29, 0.717) is 37.3 Å². The standard InChI is InChI=1S/C16H20N2O5S/c1-11(19)17-7-4-12(5-8-17)18-9-6-16(20)14-10-13(24(21,22)23)2-3-15(14)18/h2-3,10,12H,4-9H2,1H3,(H,21,22,23). The molecule has 1 N–H and O–H groups in total. The van der Waals surface area contributed by atoms with E-state index in [4.69, 9.17) is 0 Å². The van der Waals surface area contributed by atoms with Crippen molar-refractivity contribution in [1.29, 1.82) is 0 Å². The van der Waals surface area contributed by atoms with Crippen LogP contribution in [0.4, 0.5) is 5.69 Å². The number of anilines is 1. The second-order valence-electron chi connectivity index (χ2n) is 6.26. The van der Waals surface area contributed by atoms with Crippen LogP contribution < -0.4 is 4.90 Å². The first kappa shape index (κ1) is 16.9. The molecule has 2 heterocycles. The average molecular weight is 352 g/mol.